The zero-order valence-corrected chi connectivity index (χ0v) is 10.6. The van der Waals surface area contributed by atoms with E-state index in [0.717, 1.165) is 12.8 Å². The minimum Gasteiger partial charge on any atom is -0.207 e. The average molecular weight is 240 g/mol. The standard InChI is InChI=1S/C12H18NO2S/c1-3-10-13(11-4-2)16(14,15)12-8-6-5-7-9-12/h5-8H,3-4,10-11H2,1-2H3. The minimum absolute atomic E-state index is 0.261. The van der Waals surface area contributed by atoms with E-state index in [9.17, 15) is 8.42 Å². The van der Waals surface area contributed by atoms with Gasteiger partial charge in [-0.3, -0.25) is 0 Å². The van der Waals surface area contributed by atoms with Crippen molar-refractivity contribution in [1.82, 2.24) is 4.31 Å². The topological polar surface area (TPSA) is 37.4 Å². The van der Waals surface area contributed by atoms with Crippen LogP contribution >= 0.6 is 0 Å². The largest absolute Gasteiger partial charge is 0.243 e. The first-order chi connectivity index (χ1) is 7.62. The molecule has 1 aromatic rings. The smallest absolute Gasteiger partial charge is 0.207 e. The van der Waals surface area contributed by atoms with Gasteiger partial charge in [-0.25, -0.2) is 8.42 Å². The van der Waals surface area contributed by atoms with Crippen molar-refractivity contribution in [3.8, 4) is 0 Å². The number of hydrogen-bond donors (Lipinski definition) is 0. The zero-order valence-electron chi connectivity index (χ0n) is 9.81. The van der Waals surface area contributed by atoms with Crippen molar-refractivity contribution in [3.63, 3.8) is 0 Å². The number of nitrogens with zero attached hydrogens (tertiary/aromatic N) is 1. The molecule has 1 rings (SSSR count). The first kappa shape index (κ1) is 13.2. The van der Waals surface area contributed by atoms with Gasteiger partial charge in [0.05, 0.1) is 4.90 Å². The van der Waals surface area contributed by atoms with Gasteiger partial charge in [-0.2, -0.15) is 4.31 Å². The fourth-order valence-corrected chi connectivity index (χ4v) is 3.12. The lowest BCUT2D eigenvalue weighted by Gasteiger charge is -2.20. The second-order valence-corrected chi connectivity index (χ2v) is 5.54. The maximum absolute atomic E-state index is 12.2. The predicted molar refractivity (Wildman–Crippen MR) is 64.6 cm³/mol. The molecule has 1 aromatic carbocycles. The Morgan fingerprint density at radius 1 is 1.19 bits per heavy atom. The Morgan fingerprint density at radius 3 is 2.25 bits per heavy atom. The summed E-state index contributed by atoms with van der Waals surface area (Å²) in [6.07, 6.45) is 1.65. The van der Waals surface area contributed by atoms with Gasteiger partial charge in [-0.15, -0.1) is 0 Å². The number of benzene rings is 1. The first-order valence-electron chi connectivity index (χ1n) is 5.59. The Kier molecular flexibility index (Phi) is 4.96. The molecule has 0 N–H and O–H groups in total. The van der Waals surface area contributed by atoms with Crippen LogP contribution in [0.25, 0.3) is 0 Å². The van der Waals surface area contributed by atoms with Crippen molar-refractivity contribution in [2.45, 2.75) is 31.6 Å². The normalized spacial score (nSPS) is 11.9. The van der Waals surface area contributed by atoms with Crippen molar-refractivity contribution in [2.24, 2.45) is 0 Å². The maximum Gasteiger partial charge on any atom is 0.243 e. The Bertz CT molecular complexity index is 394. The van der Waals surface area contributed by atoms with Crippen molar-refractivity contribution >= 4 is 10.0 Å². The van der Waals surface area contributed by atoms with E-state index >= 15 is 0 Å². The van der Waals surface area contributed by atoms with Gasteiger partial charge in [0.15, 0.2) is 0 Å². The molecule has 0 atom stereocenters. The molecule has 0 aliphatic heterocycles. The first-order valence-corrected chi connectivity index (χ1v) is 7.03. The Hall–Kier alpha value is -0.870. The van der Waals surface area contributed by atoms with Crippen molar-refractivity contribution < 1.29 is 8.42 Å². The van der Waals surface area contributed by atoms with E-state index in [4.69, 9.17) is 0 Å². The van der Waals surface area contributed by atoms with Crippen LogP contribution in [0.4, 0.5) is 0 Å². The molecule has 16 heavy (non-hydrogen) atoms. The van der Waals surface area contributed by atoms with Gasteiger partial charge < -0.3 is 0 Å². The van der Waals surface area contributed by atoms with Gasteiger partial charge in [0.2, 0.25) is 10.0 Å². The van der Waals surface area contributed by atoms with Crippen molar-refractivity contribution in [2.75, 3.05) is 13.1 Å². The number of sulfonamides is 1. The highest BCUT2D eigenvalue weighted by Crippen LogP contribution is 2.15. The summed E-state index contributed by atoms with van der Waals surface area (Å²) in [6.45, 7) is 5.09. The van der Waals surface area contributed by atoms with Crippen LogP contribution in [-0.4, -0.2) is 25.8 Å². The average Bonchev–Trinajstić information content (AvgIpc) is 2.30. The molecule has 0 bridgehead atoms. The summed E-state index contributed by atoms with van der Waals surface area (Å²) in [4.78, 5) is 0.261. The van der Waals surface area contributed by atoms with Crippen LogP contribution in [0.2, 0.25) is 0 Å². The summed E-state index contributed by atoms with van der Waals surface area (Å²) in [5.41, 5.74) is 0. The highest BCUT2D eigenvalue weighted by molar-refractivity contribution is 7.89. The molecule has 0 saturated carbocycles. The summed E-state index contributed by atoms with van der Waals surface area (Å²) in [5.74, 6) is 0. The van der Waals surface area contributed by atoms with Crippen LogP contribution < -0.4 is 0 Å². The van der Waals surface area contributed by atoms with Crippen LogP contribution in [0.1, 0.15) is 26.7 Å². The summed E-state index contributed by atoms with van der Waals surface area (Å²) in [6, 6.07) is 9.48. The molecule has 89 valence electrons. The number of hydrogen-bond acceptors (Lipinski definition) is 2. The van der Waals surface area contributed by atoms with E-state index in [1.807, 2.05) is 13.8 Å². The lowest BCUT2D eigenvalue weighted by atomic mass is 10.4. The van der Waals surface area contributed by atoms with E-state index in [1.54, 1.807) is 24.3 Å². The minimum atomic E-state index is -3.35. The van der Waals surface area contributed by atoms with Crippen LogP contribution in [-0.2, 0) is 10.0 Å². The molecule has 0 saturated heterocycles. The molecule has 0 aliphatic rings. The molecular formula is C12H18NO2S. The summed E-state index contributed by atoms with van der Waals surface area (Å²) in [5, 5.41) is 0. The predicted octanol–water partition coefficient (Wildman–Crippen LogP) is 2.30. The Balaban J connectivity index is 2.98. The lowest BCUT2D eigenvalue weighted by molar-refractivity contribution is 0.410. The SMILES string of the molecule is CCCN(CCC)S(=O)(=O)c1[c]cccc1. The van der Waals surface area contributed by atoms with Gasteiger partial charge in [0.25, 0.3) is 0 Å². The van der Waals surface area contributed by atoms with E-state index < -0.39 is 10.0 Å². The quantitative estimate of drug-likeness (QED) is 0.765. The maximum atomic E-state index is 12.2. The molecule has 0 amide bonds. The molecule has 1 radical (unpaired) electrons. The molecule has 0 heterocycles. The second kappa shape index (κ2) is 6.01. The molecule has 0 spiro atoms. The van der Waals surface area contributed by atoms with Crippen LogP contribution in [0, 0.1) is 6.07 Å². The Labute approximate surface area is 98.1 Å². The van der Waals surface area contributed by atoms with Gasteiger partial charge in [0, 0.05) is 19.2 Å². The van der Waals surface area contributed by atoms with Crippen molar-refractivity contribution in [1.29, 1.82) is 0 Å². The molecule has 3 nitrogen and oxygen atoms in total. The van der Waals surface area contributed by atoms with Gasteiger partial charge in [0.1, 0.15) is 0 Å². The van der Waals surface area contributed by atoms with Crippen LogP contribution in [0.15, 0.2) is 29.2 Å². The van der Waals surface area contributed by atoms with Crippen LogP contribution in [0.5, 0.6) is 0 Å². The summed E-state index contributed by atoms with van der Waals surface area (Å²) < 4.78 is 25.9. The summed E-state index contributed by atoms with van der Waals surface area (Å²) in [7, 11) is -3.35. The highest BCUT2D eigenvalue weighted by atomic mass is 32.2. The molecule has 0 unspecified atom stereocenters. The third-order valence-corrected chi connectivity index (χ3v) is 4.10. The molecule has 4 heteroatoms. The van der Waals surface area contributed by atoms with Gasteiger partial charge in [-0.1, -0.05) is 32.0 Å². The molecular weight excluding hydrogens is 222 g/mol. The second-order valence-electron chi connectivity index (χ2n) is 3.63. The molecule has 0 aromatic heterocycles. The molecule has 0 fully saturated rings. The van der Waals surface area contributed by atoms with Crippen LogP contribution in [0.3, 0.4) is 0 Å². The van der Waals surface area contributed by atoms with E-state index in [2.05, 4.69) is 6.07 Å². The fraction of sp³-hybridized carbons (Fsp3) is 0.500. The number of rotatable bonds is 6. The third kappa shape index (κ3) is 3.06. The summed E-state index contributed by atoms with van der Waals surface area (Å²) >= 11 is 0. The zero-order chi connectivity index (χ0) is 12.0. The fourth-order valence-electron chi connectivity index (χ4n) is 1.53. The monoisotopic (exact) mass is 240 g/mol. The highest BCUT2D eigenvalue weighted by Gasteiger charge is 2.22. The van der Waals surface area contributed by atoms with Gasteiger partial charge in [-0.05, 0) is 18.9 Å². The lowest BCUT2D eigenvalue weighted by Crippen LogP contribution is -2.32. The van der Waals surface area contributed by atoms with E-state index in [1.165, 1.54) is 4.31 Å². The molecule has 0 aliphatic carbocycles. The van der Waals surface area contributed by atoms with Gasteiger partial charge >= 0.3 is 0 Å². The van der Waals surface area contributed by atoms with Crippen molar-refractivity contribution in [3.05, 3.63) is 30.3 Å². The van der Waals surface area contributed by atoms with E-state index in [0.29, 0.717) is 13.1 Å². The Morgan fingerprint density at radius 2 is 1.81 bits per heavy atom. The third-order valence-electron chi connectivity index (χ3n) is 2.24. The van der Waals surface area contributed by atoms with E-state index in [-0.39, 0.29) is 4.90 Å².